The Morgan fingerprint density at radius 3 is 2.80 bits per heavy atom. The highest BCUT2D eigenvalue weighted by Crippen LogP contribution is 2.28. The molecule has 3 rings (SSSR count). The maximum atomic E-state index is 9.29. The molecule has 2 fully saturated rings. The summed E-state index contributed by atoms with van der Waals surface area (Å²) in [5.41, 5.74) is 1.81. The third-order valence-electron chi connectivity index (χ3n) is 4.15. The van der Waals surface area contributed by atoms with E-state index in [2.05, 4.69) is 31.8 Å². The maximum absolute atomic E-state index is 9.29. The van der Waals surface area contributed by atoms with E-state index >= 15 is 0 Å². The lowest BCUT2D eigenvalue weighted by atomic mass is 10.2. The van der Waals surface area contributed by atoms with Crippen molar-refractivity contribution in [2.24, 2.45) is 0 Å². The average molecular weight is 336 g/mol. The number of morpholine rings is 1. The molecule has 1 atom stereocenters. The molecule has 4 nitrogen and oxygen atoms in total. The lowest BCUT2D eigenvalue weighted by Crippen LogP contribution is -2.44. The summed E-state index contributed by atoms with van der Waals surface area (Å²) < 4.78 is 6.38. The molecule has 0 N–H and O–H groups in total. The van der Waals surface area contributed by atoms with Crippen LogP contribution in [0.3, 0.4) is 0 Å². The normalized spacial score (nSPS) is 23.8. The zero-order valence-corrected chi connectivity index (χ0v) is 13.0. The van der Waals surface area contributed by atoms with Gasteiger partial charge in [-0.3, -0.25) is 4.90 Å². The van der Waals surface area contributed by atoms with Crippen molar-refractivity contribution in [1.82, 2.24) is 4.90 Å². The van der Waals surface area contributed by atoms with Gasteiger partial charge in [-0.25, -0.2) is 0 Å². The summed E-state index contributed by atoms with van der Waals surface area (Å²) in [4.78, 5) is 4.86. The van der Waals surface area contributed by atoms with Gasteiger partial charge in [-0.1, -0.05) is 15.9 Å². The van der Waals surface area contributed by atoms with Gasteiger partial charge < -0.3 is 9.64 Å². The van der Waals surface area contributed by atoms with Gasteiger partial charge in [-0.2, -0.15) is 5.26 Å². The van der Waals surface area contributed by atoms with Crippen LogP contribution in [0.25, 0.3) is 0 Å². The summed E-state index contributed by atoms with van der Waals surface area (Å²) in [5, 5.41) is 9.29. The summed E-state index contributed by atoms with van der Waals surface area (Å²) in [6.07, 6.45) is 1.17. The van der Waals surface area contributed by atoms with Crippen LogP contribution in [0.1, 0.15) is 12.0 Å². The number of ether oxygens (including phenoxy) is 1. The highest BCUT2D eigenvalue weighted by atomic mass is 79.9. The Labute approximate surface area is 128 Å². The van der Waals surface area contributed by atoms with E-state index < -0.39 is 0 Å². The summed E-state index contributed by atoms with van der Waals surface area (Å²) in [5.74, 6) is 0. The molecule has 0 saturated carbocycles. The Bertz CT molecular complexity index is 522. The maximum Gasteiger partial charge on any atom is 0.101 e. The zero-order chi connectivity index (χ0) is 13.9. The second-order valence-electron chi connectivity index (χ2n) is 5.31. The number of rotatable bonds is 2. The fraction of sp³-hybridized carbons (Fsp3) is 0.533. The number of nitriles is 1. The third-order valence-corrected chi connectivity index (χ3v) is 4.64. The summed E-state index contributed by atoms with van der Waals surface area (Å²) in [6.45, 7) is 5.79. The number of hydrogen-bond donors (Lipinski definition) is 0. The molecule has 5 heteroatoms. The molecule has 2 saturated heterocycles. The summed E-state index contributed by atoms with van der Waals surface area (Å²) >= 11 is 3.43. The summed E-state index contributed by atoms with van der Waals surface area (Å²) in [7, 11) is 0. The van der Waals surface area contributed by atoms with Crippen LogP contribution in [-0.4, -0.2) is 50.3 Å². The highest BCUT2D eigenvalue weighted by Gasteiger charge is 2.29. The van der Waals surface area contributed by atoms with Crippen LogP contribution < -0.4 is 4.90 Å². The van der Waals surface area contributed by atoms with Gasteiger partial charge in [0.25, 0.3) is 0 Å². The van der Waals surface area contributed by atoms with E-state index in [-0.39, 0.29) is 0 Å². The minimum atomic E-state index is 0.592. The first-order chi connectivity index (χ1) is 9.78. The minimum absolute atomic E-state index is 0.592. The monoisotopic (exact) mass is 335 g/mol. The molecular weight excluding hydrogens is 318 g/mol. The number of hydrogen-bond acceptors (Lipinski definition) is 4. The molecule has 1 aromatic carbocycles. The van der Waals surface area contributed by atoms with Crippen LogP contribution >= 0.6 is 15.9 Å². The first-order valence-electron chi connectivity index (χ1n) is 7.04. The van der Waals surface area contributed by atoms with Gasteiger partial charge in [0.05, 0.1) is 24.5 Å². The molecular formula is C15H18BrN3O. The standard InChI is InChI=1S/C15H18BrN3O/c16-13-1-2-15(12(9-13)10-17)19-4-3-14(11-19)18-5-7-20-8-6-18/h1-2,9,14H,3-8,11H2/t14-/m1/s1. The van der Waals surface area contributed by atoms with E-state index in [4.69, 9.17) is 4.74 Å². The highest BCUT2D eigenvalue weighted by molar-refractivity contribution is 9.10. The predicted molar refractivity (Wildman–Crippen MR) is 81.9 cm³/mol. The Kier molecular flexibility index (Phi) is 4.25. The van der Waals surface area contributed by atoms with Gasteiger partial charge in [0, 0.05) is 36.7 Å². The van der Waals surface area contributed by atoms with Crippen molar-refractivity contribution in [2.75, 3.05) is 44.3 Å². The molecule has 2 heterocycles. The Morgan fingerprint density at radius 1 is 1.25 bits per heavy atom. The summed E-state index contributed by atoms with van der Waals surface area (Å²) in [6, 6.07) is 8.85. The molecule has 0 spiro atoms. The van der Waals surface area contributed by atoms with Crippen molar-refractivity contribution >= 4 is 21.6 Å². The second-order valence-corrected chi connectivity index (χ2v) is 6.23. The molecule has 2 aliphatic heterocycles. The van der Waals surface area contributed by atoms with Crippen molar-refractivity contribution in [2.45, 2.75) is 12.5 Å². The van der Waals surface area contributed by atoms with E-state index in [9.17, 15) is 5.26 Å². The van der Waals surface area contributed by atoms with Crippen molar-refractivity contribution in [3.8, 4) is 6.07 Å². The van der Waals surface area contributed by atoms with Gasteiger partial charge in [0.2, 0.25) is 0 Å². The van der Waals surface area contributed by atoms with E-state index in [1.807, 2.05) is 18.2 Å². The quantitative estimate of drug-likeness (QED) is 0.830. The molecule has 0 radical (unpaired) electrons. The van der Waals surface area contributed by atoms with Crippen molar-refractivity contribution < 1.29 is 4.74 Å². The number of benzene rings is 1. The van der Waals surface area contributed by atoms with Crippen LogP contribution in [0.4, 0.5) is 5.69 Å². The fourth-order valence-electron chi connectivity index (χ4n) is 3.07. The lowest BCUT2D eigenvalue weighted by Gasteiger charge is -2.32. The molecule has 0 bridgehead atoms. The van der Waals surface area contributed by atoms with E-state index in [1.165, 1.54) is 6.42 Å². The molecule has 0 aliphatic carbocycles. The molecule has 106 valence electrons. The van der Waals surface area contributed by atoms with Crippen LogP contribution in [-0.2, 0) is 4.74 Å². The fourth-order valence-corrected chi connectivity index (χ4v) is 3.44. The smallest absolute Gasteiger partial charge is 0.101 e. The van der Waals surface area contributed by atoms with E-state index in [0.717, 1.165) is 55.1 Å². The first-order valence-corrected chi connectivity index (χ1v) is 7.83. The molecule has 0 amide bonds. The van der Waals surface area contributed by atoms with Gasteiger partial charge in [-0.05, 0) is 24.6 Å². The lowest BCUT2D eigenvalue weighted by molar-refractivity contribution is 0.0209. The van der Waals surface area contributed by atoms with Gasteiger partial charge in [0.15, 0.2) is 0 Å². The SMILES string of the molecule is N#Cc1cc(Br)ccc1N1CC[C@@H](N2CCOCC2)C1. The van der Waals surface area contributed by atoms with Gasteiger partial charge >= 0.3 is 0 Å². The molecule has 0 aromatic heterocycles. The van der Waals surface area contributed by atoms with E-state index in [0.29, 0.717) is 6.04 Å². The topological polar surface area (TPSA) is 39.5 Å². The number of halogens is 1. The second kappa shape index (κ2) is 6.13. The van der Waals surface area contributed by atoms with E-state index in [1.54, 1.807) is 0 Å². The van der Waals surface area contributed by atoms with Gasteiger partial charge in [-0.15, -0.1) is 0 Å². The van der Waals surface area contributed by atoms with Crippen molar-refractivity contribution in [3.63, 3.8) is 0 Å². The average Bonchev–Trinajstić information content (AvgIpc) is 2.97. The van der Waals surface area contributed by atoms with Crippen LogP contribution in [0.2, 0.25) is 0 Å². The molecule has 20 heavy (non-hydrogen) atoms. The molecule has 2 aliphatic rings. The number of nitrogens with zero attached hydrogens (tertiary/aromatic N) is 3. The largest absolute Gasteiger partial charge is 0.379 e. The molecule has 0 unspecified atom stereocenters. The Morgan fingerprint density at radius 2 is 2.05 bits per heavy atom. The predicted octanol–water partition coefficient (Wildman–Crippen LogP) is 2.23. The zero-order valence-electron chi connectivity index (χ0n) is 11.4. The van der Waals surface area contributed by atoms with Crippen LogP contribution in [0.15, 0.2) is 22.7 Å². The number of anilines is 1. The van der Waals surface area contributed by atoms with Crippen LogP contribution in [0.5, 0.6) is 0 Å². The first kappa shape index (κ1) is 13.9. The van der Waals surface area contributed by atoms with Crippen molar-refractivity contribution in [1.29, 1.82) is 5.26 Å². The molecule has 1 aromatic rings. The van der Waals surface area contributed by atoms with Gasteiger partial charge in [0.1, 0.15) is 6.07 Å². The van der Waals surface area contributed by atoms with Crippen molar-refractivity contribution in [3.05, 3.63) is 28.2 Å². The third kappa shape index (κ3) is 2.83. The Hall–Kier alpha value is -1.09. The Balaban J connectivity index is 1.72. The minimum Gasteiger partial charge on any atom is -0.379 e. The van der Waals surface area contributed by atoms with Crippen LogP contribution in [0, 0.1) is 11.3 Å².